The Labute approximate surface area is 175 Å². The van der Waals surface area contributed by atoms with Crippen LogP contribution in [0.15, 0.2) is 29.3 Å². The van der Waals surface area contributed by atoms with Gasteiger partial charge in [-0.15, -0.1) is 0 Å². The third-order valence-electron chi connectivity index (χ3n) is 5.78. The molecule has 150 valence electrons. The standard InChI is InChI=1S/C20H21ClN6OS/c1-27(11-4-2-3-10(22)7-11)15-9-23-17-13(8-24-19(17)26-15)12-5-6-14-18(16(12)21)29-20(28)25-14/h5-6,8-11H,2-4,7,22H2,1H3,(H,24,26)(H,25,28)/t10-,11-/m1/s1. The van der Waals surface area contributed by atoms with Crippen LogP contribution in [0.3, 0.4) is 0 Å². The highest BCUT2D eigenvalue weighted by atomic mass is 35.5. The molecule has 1 aliphatic carbocycles. The van der Waals surface area contributed by atoms with Crippen LogP contribution in [0.4, 0.5) is 5.82 Å². The summed E-state index contributed by atoms with van der Waals surface area (Å²) in [7, 11) is 2.06. The molecule has 1 aliphatic rings. The Bertz CT molecular complexity index is 1260. The molecule has 3 heterocycles. The van der Waals surface area contributed by atoms with E-state index in [0.29, 0.717) is 16.7 Å². The molecule has 1 aromatic carbocycles. The van der Waals surface area contributed by atoms with Crippen molar-refractivity contribution in [3.63, 3.8) is 0 Å². The van der Waals surface area contributed by atoms with Crippen molar-refractivity contribution in [1.82, 2.24) is 19.9 Å². The minimum atomic E-state index is -0.118. The van der Waals surface area contributed by atoms with Crippen molar-refractivity contribution in [2.75, 3.05) is 11.9 Å². The fraction of sp³-hybridized carbons (Fsp3) is 0.350. The summed E-state index contributed by atoms with van der Waals surface area (Å²) in [5.41, 5.74) is 10.1. The number of H-pyrrole nitrogens is 2. The highest BCUT2D eigenvalue weighted by Crippen LogP contribution is 2.37. The molecule has 1 fully saturated rings. The van der Waals surface area contributed by atoms with Gasteiger partial charge in [0, 0.05) is 36.5 Å². The molecule has 2 atom stereocenters. The van der Waals surface area contributed by atoms with E-state index >= 15 is 0 Å². The van der Waals surface area contributed by atoms with E-state index in [9.17, 15) is 4.79 Å². The van der Waals surface area contributed by atoms with Gasteiger partial charge < -0.3 is 20.6 Å². The van der Waals surface area contributed by atoms with Gasteiger partial charge in [-0.2, -0.15) is 0 Å². The van der Waals surface area contributed by atoms with E-state index in [1.165, 1.54) is 0 Å². The molecule has 1 saturated carbocycles. The smallest absolute Gasteiger partial charge is 0.305 e. The maximum absolute atomic E-state index is 11.7. The molecule has 0 bridgehead atoms. The average molecular weight is 429 g/mol. The van der Waals surface area contributed by atoms with Crippen LogP contribution >= 0.6 is 22.9 Å². The van der Waals surface area contributed by atoms with E-state index in [4.69, 9.17) is 22.3 Å². The largest absolute Gasteiger partial charge is 0.355 e. The lowest BCUT2D eigenvalue weighted by atomic mass is 9.91. The third-order valence-corrected chi connectivity index (χ3v) is 7.20. The maximum Gasteiger partial charge on any atom is 0.305 e. The summed E-state index contributed by atoms with van der Waals surface area (Å²) in [6.45, 7) is 0. The number of nitrogens with two attached hydrogens (primary N) is 1. The van der Waals surface area contributed by atoms with Crippen molar-refractivity contribution in [3.8, 4) is 11.1 Å². The summed E-state index contributed by atoms with van der Waals surface area (Å²) in [6.07, 6.45) is 8.01. The summed E-state index contributed by atoms with van der Waals surface area (Å²) in [5.74, 6) is 0.829. The first-order valence-electron chi connectivity index (χ1n) is 9.65. The predicted octanol–water partition coefficient (Wildman–Crippen LogP) is 3.89. The molecule has 29 heavy (non-hydrogen) atoms. The summed E-state index contributed by atoms with van der Waals surface area (Å²) < 4.78 is 0.751. The topological polar surface area (TPSA) is 104 Å². The number of hydrogen-bond acceptors (Lipinski definition) is 6. The molecule has 0 saturated heterocycles. The molecule has 4 aromatic rings. The normalized spacial score (nSPS) is 19.8. The second kappa shape index (κ2) is 7.12. The zero-order valence-electron chi connectivity index (χ0n) is 15.9. The molecule has 0 unspecified atom stereocenters. The molecule has 9 heteroatoms. The van der Waals surface area contributed by atoms with E-state index in [0.717, 1.165) is 69.7 Å². The Morgan fingerprint density at radius 3 is 3.00 bits per heavy atom. The third kappa shape index (κ3) is 3.21. The molecule has 0 spiro atoms. The Hall–Kier alpha value is -2.42. The minimum absolute atomic E-state index is 0.118. The van der Waals surface area contributed by atoms with Crippen LogP contribution in [0.5, 0.6) is 0 Å². The quantitative estimate of drug-likeness (QED) is 0.459. The summed E-state index contributed by atoms with van der Waals surface area (Å²) in [5, 5.41) is 0.547. The van der Waals surface area contributed by atoms with E-state index in [-0.39, 0.29) is 10.9 Å². The lowest BCUT2D eigenvalue weighted by molar-refractivity contribution is 0.381. The number of fused-ring (bicyclic) bond motifs is 2. The highest BCUT2D eigenvalue weighted by Gasteiger charge is 2.24. The molecule has 0 radical (unpaired) electrons. The van der Waals surface area contributed by atoms with Gasteiger partial charge >= 0.3 is 4.87 Å². The van der Waals surface area contributed by atoms with Gasteiger partial charge in [-0.05, 0) is 31.7 Å². The fourth-order valence-corrected chi connectivity index (χ4v) is 5.35. The van der Waals surface area contributed by atoms with Crippen LogP contribution in [-0.2, 0) is 0 Å². The van der Waals surface area contributed by atoms with Gasteiger partial charge in [0.25, 0.3) is 0 Å². The van der Waals surface area contributed by atoms with Gasteiger partial charge in [-0.25, -0.2) is 9.97 Å². The highest BCUT2D eigenvalue weighted by molar-refractivity contribution is 7.17. The van der Waals surface area contributed by atoms with E-state index in [1.54, 1.807) is 6.20 Å². The van der Waals surface area contributed by atoms with Gasteiger partial charge in [-0.1, -0.05) is 29.0 Å². The molecule has 0 amide bonds. The second-order valence-electron chi connectivity index (χ2n) is 7.64. The Morgan fingerprint density at radius 1 is 1.31 bits per heavy atom. The van der Waals surface area contributed by atoms with Gasteiger partial charge in [0.15, 0.2) is 5.65 Å². The molecule has 7 nitrogen and oxygen atoms in total. The zero-order chi connectivity index (χ0) is 20.1. The minimum Gasteiger partial charge on any atom is -0.355 e. The van der Waals surface area contributed by atoms with Gasteiger partial charge in [0.1, 0.15) is 11.3 Å². The first-order chi connectivity index (χ1) is 14.0. The number of halogens is 1. The monoisotopic (exact) mass is 428 g/mol. The van der Waals surface area contributed by atoms with Gasteiger partial charge in [0.05, 0.1) is 21.4 Å². The summed E-state index contributed by atoms with van der Waals surface area (Å²) in [6, 6.07) is 4.41. The van der Waals surface area contributed by atoms with Crippen LogP contribution in [0, 0.1) is 0 Å². The molecule has 3 aromatic heterocycles. The summed E-state index contributed by atoms with van der Waals surface area (Å²) in [4.78, 5) is 29.2. The number of aromatic nitrogens is 4. The SMILES string of the molecule is CN(c1cnc2c(-c3ccc4[nH]c(=O)sc4c3Cl)c[nH]c2n1)[C@@H]1CCC[C@@H](N)C1. The number of benzene rings is 1. The molecular weight excluding hydrogens is 408 g/mol. The van der Waals surface area contributed by atoms with Crippen molar-refractivity contribution in [2.24, 2.45) is 5.73 Å². The van der Waals surface area contributed by atoms with Crippen LogP contribution in [-0.4, -0.2) is 39.1 Å². The van der Waals surface area contributed by atoms with Crippen LogP contribution < -0.4 is 15.5 Å². The number of aromatic amines is 2. The van der Waals surface area contributed by atoms with E-state index in [2.05, 4.69) is 26.9 Å². The average Bonchev–Trinajstić information content (AvgIpc) is 3.30. The fourth-order valence-electron chi connectivity index (χ4n) is 4.19. The Balaban J connectivity index is 1.53. The van der Waals surface area contributed by atoms with E-state index < -0.39 is 0 Å². The van der Waals surface area contributed by atoms with Crippen molar-refractivity contribution >= 4 is 50.1 Å². The van der Waals surface area contributed by atoms with E-state index in [1.807, 2.05) is 18.3 Å². The molecule has 4 N–H and O–H groups in total. The first-order valence-corrected chi connectivity index (χ1v) is 10.8. The molecule has 0 aliphatic heterocycles. The van der Waals surface area contributed by atoms with Gasteiger partial charge in [-0.3, -0.25) is 4.79 Å². The molecule has 5 rings (SSSR count). The molecular formula is C20H21ClN6OS. The number of nitrogens with zero attached hydrogens (tertiary/aromatic N) is 3. The van der Waals surface area contributed by atoms with Crippen LogP contribution in [0.25, 0.3) is 32.5 Å². The summed E-state index contributed by atoms with van der Waals surface area (Å²) >= 11 is 7.72. The predicted molar refractivity (Wildman–Crippen MR) is 119 cm³/mol. The second-order valence-corrected chi connectivity index (χ2v) is 9.00. The number of anilines is 1. The number of nitrogens with one attached hydrogen (secondary N) is 2. The number of rotatable bonds is 3. The lowest BCUT2D eigenvalue weighted by Crippen LogP contribution is -2.41. The lowest BCUT2D eigenvalue weighted by Gasteiger charge is -2.34. The van der Waals surface area contributed by atoms with Crippen molar-refractivity contribution in [1.29, 1.82) is 0 Å². The number of hydrogen-bond donors (Lipinski definition) is 3. The van der Waals surface area contributed by atoms with Crippen molar-refractivity contribution in [3.05, 3.63) is 39.2 Å². The Kier molecular flexibility index (Phi) is 4.57. The zero-order valence-corrected chi connectivity index (χ0v) is 17.5. The first kappa shape index (κ1) is 18.6. The van der Waals surface area contributed by atoms with Gasteiger partial charge in [0.2, 0.25) is 0 Å². The van der Waals surface area contributed by atoms with Crippen molar-refractivity contribution < 1.29 is 0 Å². The maximum atomic E-state index is 11.7. The number of thiazole rings is 1. The Morgan fingerprint density at radius 2 is 2.17 bits per heavy atom. The van der Waals surface area contributed by atoms with Crippen LogP contribution in [0.2, 0.25) is 5.02 Å². The van der Waals surface area contributed by atoms with Crippen molar-refractivity contribution in [2.45, 2.75) is 37.8 Å². The van der Waals surface area contributed by atoms with Crippen LogP contribution in [0.1, 0.15) is 25.7 Å².